The molecular weight excluding hydrogens is 330 g/mol. The van der Waals surface area contributed by atoms with Gasteiger partial charge in [-0.05, 0) is 77.8 Å². The molecule has 27 heavy (non-hydrogen) atoms. The van der Waals surface area contributed by atoms with E-state index in [2.05, 4.69) is 51.3 Å². The maximum atomic E-state index is 13.0. The molecule has 0 aromatic heterocycles. The summed E-state index contributed by atoms with van der Waals surface area (Å²) in [5, 5.41) is 0. The van der Waals surface area contributed by atoms with E-state index in [1.807, 2.05) is 6.21 Å². The van der Waals surface area contributed by atoms with Crippen LogP contribution in [0.5, 0.6) is 0 Å². The summed E-state index contributed by atoms with van der Waals surface area (Å²) in [6.45, 7) is 12.5. The first-order valence-corrected chi connectivity index (χ1v) is 10.0. The molecule has 2 heteroatoms. The second kappa shape index (κ2) is 6.60. The highest BCUT2D eigenvalue weighted by molar-refractivity contribution is 6.29. The second-order valence-corrected chi connectivity index (χ2v) is 8.13. The SMILES string of the molecule is C=C1C=C(CCC)C=C1C=Nc1cc2c(cc1C)C(=C)C(=O)C21CCCC1. The lowest BCUT2D eigenvalue weighted by atomic mass is 9.79. The van der Waals surface area contributed by atoms with Crippen molar-refractivity contribution in [2.45, 2.75) is 57.8 Å². The van der Waals surface area contributed by atoms with Crippen LogP contribution >= 0.6 is 0 Å². The van der Waals surface area contributed by atoms with Crippen molar-refractivity contribution in [3.63, 3.8) is 0 Å². The van der Waals surface area contributed by atoms with Gasteiger partial charge in [-0.1, -0.05) is 45.4 Å². The predicted octanol–water partition coefficient (Wildman–Crippen LogP) is 6.33. The fraction of sp³-hybridized carbons (Fsp3) is 0.360. The molecule has 0 saturated heterocycles. The molecule has 1 aromatic rings. The maximum absolute atomic E-state index is 13.0. The van der Waals surface area contributed by atoms with Gasteiger partial charge in [0.2, 0.25) is 0 Å². The molecule has 1 saturated carbocycles. The van der Waals surface area contributed by atoms with Crippen LogP contribution in [0.3, 0.4) is 0 Å². The van der Waals surface area contributed by atoms with Crippen molar-refractivity contribution in [2.75, 3.05) is 0 Å². The van der Waals surface area contributed by atoms with Crippen molar-refractivity contribution >= 4 is 23.3 Å². The Morgan fingerprint density at radius 3 is 2.63 bits per heavy atom. The quantitative estimate of drug-likeness (QED) is 0.457. The number of benzene rings is 1. The molecule has 0 unspecified atom stereocenters. The van der Waals surface area contributed by atoms with Gasteiger partial charge < -0.3 is 0 Å². The Morgan fingerprint density at radius 2 is 1.93 bits per heavy atom. The summed E-state index contributed by atoms with van der Waals surface area (Å²) < 4.78 is 0. The van der Waals surface area contributed by atoms with Crippen LogP contribution in [-0.4, -0.2) is 12.0 Å². The van der Waals surface area contributed by atoms with Crippen LogP contribution in [0.1, 0.15) is 62.1 Å². The van der Waals surface area contributed by atoms with Gasteiger partial charge in [0, 0.05) is 11.8 Å². The average Bonchev–Trinajstić information content (AvgIpc) is 3.31. The Balaban J connectivity index is 1.70. The van der Waals surface area contributed by atoms with E-state index in [0.717, 1.165) is 72.0 Å². The highest BCUT2D eigenvalue weighted by atomic mass is 16.1. The Labute approximate surface area is 162 Å². The summed E-state index contributed by atoms with van der Waals surface area (Å²) >= 11 is 0. The summed E-state index contributed by atoms with van der Waals surface area (Å²) in [7, 11) is 0. The molecule has 0 aliphatic heterocycles. The van der Waals surface area contributed by atoms with Crippen molar-refractivity contribution in [2.24, 2.45) is 4.99 Å². The number of hydrogen-bond donors (Lipinski definition) is 0. The van der Waals surface area contributed by atoms with Gasteiger partial charge in [0.25, 0.3) is 0 Å². The van der Waals surface area contributed by atoms with E-state index in [0.29, 0.717) is 5.57 Å². The molecule has 3 aliphatic rings. The Hall–Kier alpha value is -2.48. The maximum Gasteiger partial charge on any atom is 0.173 e. The lowest BCUT2D eigenvalue weighted by Gasteiger charge is -2.22. The molecule has 0 amide bonds. The largest absolute Gasteiger partial charge is 0.293 e. The number of Topliss-reactive ketones (excluding diaryl/α,β-unsaturated/α-hetero) is 1. The van der Waals surface area contributed by atoms with Crippen LogP contribution in [0.2, 0.25) is 0 Å². The number of fused-ring (bicyclic) bond motifs is 2. The van der Waals surface area contributed by atoms with Crippen LogP contribution in [0.15, 0.2) is 59.2 Å². The third kappa shape index (κ3) is 2.79. The standard InChI is InChI=1S/C25H27NO/c1-5-8-19-11-16(2)20(13-19)15-26-23-14-22-21(12-17(23)3)18(4)24(27)25(22)9-6-7-10-25/h11-15H,2,4-10H2,1,3H3. The lowest BCUT2D eigenvalue weighted by molar-refractivity contribution is -0.118. The summed E-state index contributed by atoms with van der Waals surface area (Å²) in [4.78, 5) is 17.7. The number of hydrogen-bond acceptors (Lipinski definition) is 2. The Bertz CT molecular complexity index is 949. The first-order chi connectivity index (χ1) is 13.0. The molecule has 0 radical (unpaired) electrons. The van der Waals surface area contributed by atoms with E-state index in [1.54, 1.807) is 0 Å². The number of aliphatic imine (C=N–C) groups is 1. The van der Waals surface area contributed by atoms with Gasteiger partial charge in [-0.2, -0.15) is 0 Å². The molecule has 0 N–H and O–H groups in total. The number of allylic oxidation sites excluding steroid dienone is 6. The molecule has 0 heterocycles. The molecule has 4 rings (SSSR count). The fourth-order valence-electron chi connectivity index (χ4n) is 4.82. The normalized spacial score (nSPS) is 20.7. The average molecular weight is 357 g/mol. The third-order valence-electron chi connectivity index (χ3n) is 6.30. The summed E-state index contributed by atoms with van der Waals surface area (Å²) in [5.41, 5.74) is 7.99. The molecule has 1 aromatic carbocycles. The topological polar surface area (TPSA) is 29.4 Å². The third-order valence-corrected chi connectivity index (χ3v) is 6.30. The minimum absolute atomic E-state index is 0.232. The molecule has 0 atom stereocenters. The number of aryl methyl sites for hydroxylation is 1. The van der Waals surface area contributed by atoms with E-state index in [-0.39, 0.29) is 11.2 Å². The van der Waals surface area contributed by atoms with Gasteiger partial charge >= 0.3 is 0 Å². The first-order valence-electron chi connectivity index (χ1n) is 10.0. The van der Waals surface area contributed by atoms with E-state index in [1.165, 1.54) is 5.57 Å². The van der Waals surface area contributed by atoms with Crippen molar-refractivity contribution < 1.29 is 4.79 Å². The van der Waals surface area contributed by atoms with Crippen LogP contribution < -0.4 is 0 Å². The highest BCUT2D eigenvalue weighted by Crippen LogP contribution is 2.52. The molecule has 0 bridgehead atoms. The molecule has 138 valence electrons. The number of nitrogens with zero attached hydrogens (tertiary/aromatic N) is 1. The fourth-order valence-corrected chi connectivity index (χ4v) is 4.82. The first kappa shape index (κ1) is 17.9. The van der Waals surface area contributed by atoms with Crippen molar-refractivity contribution in [1.29, 1.82) is 0 Å². The van der Waals surface area contributed by atoms with Gasteiger partial charge in [0.05, 0.1) is 11.1 Å². The van der Waals surface area contributed by atoms with Gasteiger partial charge in [-0.25, -0.2) is 0 Å². The predicted molar refractivity (Wildman–Crippen MR) is 114 cm³/mol. The van der Waals surface area contributed by atoms with Crippen molar-refractivity contribution in [3.05, 3.63) is 70.9 Å². The van der Waals surface area contributed by atoms with E-state index in [9.17, 15) is 4.79 Å². The molecule has 1 spiro atoms. The van der Waals surface area contributed by atoms with Gasteiger partial charge in [0.15, 0.2) is 5.78 Å². The zero-order valence-corrected chi connectivity index (χ0v) is 16.4. The number of carbonyl (C=O) groups is 1. The monoisotopic (exact) mass is 357 g/mol. The minimum Gasteiger partial charge on any atom is -0.293 e. The van der Waals surface area contributed by atoms with Crippen LogP contribution in [0, 0.1) is 6.92 Å². The zero-order chi connectivity index (χ0) is 19.2. The van der Waals surface area contributed by atoms with Crippen molar-refractivity contribution in [3.8, 4) is 0 Å². The summed E-state index contributed by atoms with van der Waals surface area (Å²) in [6.07, 6.45) is 12.6. The molecule has 3 aliphatic carbocycles. The van der Waals surface area contributed by atoms with E-state index >= 15 is 0 Å². The molecular formula is C25H27NO. The molecule has 1 fully saturated rings. The van der Waals surface area contributed by atoms with Crippen molar-refractivity contribution in [1.82, 2.24) is 0 Å². The van der Waals surface area contributed by atoms with E-state index < -0.39 is 0 Å². The minimum atomic E-state index is -0.337. The Morgan fingerprint density at radius 1 is 1.19 bits per heavy atom. The lowest BCUT2D eigenvalue weighted by Crippen LogP contribution is -2.27. The highest BCUT2D eigenvalue weighted by Gasteiger charge is 2.50. The molecule has 2 nitrogen and oxygen atoms in total. The Kier molecular flexibility index (Phi) is 4.38. The number of rotatable bonds is 4. The van der Waals surface area contributed by atoms with Crippen LogP contribution in [-0.2, 0) is 10.2 Å². The van der Waals surface area contributed by atoms with Gasteiger partial charge in [0.1, 0.15) is 0 Å². The van der Waals surface area contributed by atoms with E-state index in [4.69, 9.17) is 4.99 Å². The van der Waals surface area contributed by atoms with Crippen LogP contribution in [0.25, 0.3) is 5.57 Å². The zero-order valence-electron chi connectivity index (χ0n) is 16.4. The van der Waals surface area contributed by atoms with Gasteiger partial charge in [-0.15, -0.1) is 0 Å². The summed E-state index contributed by atoms with van der Waals surface area (Å²) in [6, 6.07) is 4.25. The smallest absolute Gasteiger partial charge is 0.173 e. The van der Waals surface area contributed by atoms with Crippen LogP contribution in [0.4, 0.5) is 5.69 Å². The number of ketones is 1. The second-order valence-electron chi connectivity index (χ2n) is 8.13. The van der Waals surface area contributed by atoms with Gasteiger partial charge in [-0.3, -0.25) is 9.79 Å². The summed E-state index contributed by atoms with van der Waals surface area (Å²) in [5.74, 6) is 0.232. The number of carbonyl (C=O) groups excluding carboxylic acids is 1.